The molecule has 0 saturated carbocycles. The second kappa shape index (κ2) is 10.8. The molecule has 206 valence electrons. The Labute approximate surface area is 234 Å². The Morgan fingerprint density at radius 1 is 1.25 bits per heavy atom. The lowest BCUT2D eigenvalue weighted by Gasteiger charge is -2.19. The lowest BCUT2D eigenvalue weighted by Crippen LogP contribution is -2.50. The van der Waals surface area contributed by atoms with Crippen molar-refractivity contribution >= 4 is 35.4 Å². The van der Waals surface area contributed by atoms with Gasteiger partial charge >= 0.3 is 6.09 Å². The average molecular weight is 564 g/mol. The van der Waals surface area contributed by atoms with Crippen molar-refractivity contribution in [2.24, 2.45) is 16.8 Å². The molecule has 2 aromatic carbocycles. The third kappa shape index (κ3) is 4.91. The summed E-state index contributed by atoms with van der Waals surface area (Å²) in [6, 6.07) is 14.4. The molecule has 0 saturated heterocycles. The van der Waals surface area contributed by atoms with Crippen LogP contribution >= 0.6 is 11.6 Å². The van der Waals surface area contributed by atoms with E-state index in [0.29, 0.717) is 46.5 Å². The molecule has 1 atom stereocenters. The molecule has 0 bridgehead atoms. The molecule has 7 N–H and O–H groups in total. The smallest absolute Gasteiger partial charge is 0.411 e. The number of aromatic amines is 1. The number of benzene rings is 2. The zero-order valence-corrected chi connectivity index (χ0v) is 22.5. The molecule has 0 spiro atoms. The fourth-order valence-electron chi connectivity index (χ4n) is 4.90. The first kappa shape index (κ1) is 26.9. The van der Waals surface area contributed by atoms with Gasteiger partial charge in [-0.05, 0) is 54.8 Å². The summed E-state index contributed by atoms with van der Waals surface area (Å²) in [7, 11) is 2.83. The van der Waals surface area contributed by atoms with Crippen LogP contribution in [0.2, 0.25) is 5.02 Å². The van der Waals surface area contributed by atoms with E-state index in [2.05, 4.69) is 25.1 Å². The number of halogens is 1. The highest BCUT2D eigenvalue weighted by atomic mass is 35.5. The molecule has 1 unspecified atom stereocenters. The van der Waals surface area contributed by atoms with Crippen molar-refractivity contribution in [1.29, 1.82) is 0 Å². The molecule has 2 heterocycles. The number of anilines is 2. The van der Waals surface area contributed by atoms with Crippen LogP contribution < -0.4 is 31.6 Å². The van der Waals surface area contributed by atoms with Gasteiger partial charge in [0, 0.05) is 26.6 Å². The topological polar surface area (TPSA) is 168 Å². The number of fused-ring (bicyclic) bond motifs is 1. The first-order chi connectivity index (χ1) is 19.3. The number of nitrogens with zero attached hydrogens (tertiary/aromatic N) is 4. The molecule has 2 aromatic heterocycles. The van der Waals surface area contributed by atoms with Crippen LogP contribution in [0.15, 0.2) is 66.0 Å². The van der Waals surface area contributed by atoms with Crippen molar-refractivity contribution in [3.63, 3.8) is 0 Å². The molecule has 0 aliphatic heterocycles. The molecule has 12 nitrogen and oxygen atoms in total. The van der Waals surface area contributed by atoms with E-state index >= 15 is 0 Å². The van der Waals surface area contributed by atoms with Crippen molar-refractivity contribution in [1.82, 2.24) is 9.97 Å². The minimum Gasteiger partial charge on any atom is -0.453 e. The number of amides is 1. The second-order valence-electron chi connectivity index (χ2n) is 9.14. The van der Waals surface area contributed by atoms with Crippen LogP contribution in [0, 0.1) is 0 Å². The third-order valence-corrected chi connectivity index (χ3v) is 7.02. The predicted molar refractivity (Wildman–Crippen MR) is 150 cm³/mol. The Morgan fingerprint density at radius 3 is 2.73 bits per heavy atom. The normalized spacial score (nSPS) is 16.1. The summed E-state index contributed by atoms with van der Waals surface area (Å²) >= 11 is 6.32. The first-order valence-corrected chi connectivity index (χ1v) is 12.6. The highest BCUT2D eigenvalue weighted by Gasteiger charge is 2.50. The summed E-state index contributed by atoms with van der Waals surface area (Å²) in [5.74, 6) is 11.8. The lowest BCUT2D eigenvalue weighted by molar-refractivity contribution is -0.893. The molecule has 1 amide bonds. The standard InChI is InChI=1S/C27H27ClN8O4/c1-39-26(37)33-20-6-3-16(4-7-20)22-13-31-25(34-22)27(38)10-9-17-11-18(14-36(40-2)24(17)27)21-12-19(28)5-8-23(21)35(30)15-32-29/h3-8,11-15,38H,9-10,29-30H2,1-2H3,(H-,31,33,34,37)/p+1/b32-15-. The number of nitrogens with one attached hydrogen (secondary N) is 2. The molecular weight excluding hydrogens is 536 g/mol. The van der Waals surface area contributed by atoms with Gasteiger partial charge in [-0.1, -0.05) is 23.7 Å². The average Bonchev–Trinajstić information content (AvgIpc) is 3.59. The van der Waals surface area contributed by atoms with Gasteiger partial charge in [-0.2, -0.15) is 5.10 Å². The molecule has 5 rings (SSSR count). The Hall–Kier alpha value is -4.65. The summed E-state index contributed by atoms with van der Waals surface area (Å²) in [4.78, 5) is 24.9. The highest BCUT2D eigenvalue weighted by molar-refractivity contribution is 6.31. The van der Waals surface area contributed by atoms with Crippen LogP contribution in [-0.4, -0.2) is 41.7 Å². The molecule has 0 fully saturated rings. The number of carbonyl (C=O) groups excluding carboxylic acids is 1. The fourth-order valence-corrected chi connectivity index (χ4v) is 5.07. The molecule has 1 aliphatic rings. The van der Waals surface area contributed by atoms with E-state index in [1.54, 1.807) is 42.7 Å². The van der Waals surface area contributed by atoms with Gasteiger partial charge in [0.1, 0.15) is 19.3 Å². The number of aryl methyl sites for hydroxylation is 1. The van der Waals surface area contributed by atoms with E-state index in [0.717, 1.165) is 22.3 Å². The van der Waals surface area contributed by atoms with Crippen LogP contribution in [0.5, 0.6) is 0 Å². The predicted octanol–water partition coefficient (Wildman–Crippen LogP) is 2.69. The largest absolute Gasteiger partial charge is 0.453 e. The Kier molecular flexibility index (Phi) is 7.30. The second-order valence-corrected chi connectivity index (χ2v) is 9.58. The summed E-state index contributed by atoms with van der Waals surface area (Å²) in [5, 5.41) is 19.9. The lowest BCUT2D eigenvalue weighted by atomic mass is 9.98. The molecule has 1 aliphatic carbocycles. The Bertz CT molecular complexity index is 1590. The number of H-pyrrole nitrogens is 1. The van der Waals surface area contributed by atoms with Gasteiger partial charge in [-0.3, -0.25) is 15.2 Å². The van der Waals surface area contributed by atoms with Gasteiger partial charge in [-0.15, -0.1) is 0 Å². The number of aliphatic hydroxyl groups is 1. The van der Waals surface area contributed by atoms with Crippen LogP contribution in [0.1, 0.15) is 23.5 Å². The van der Waals surface area contributed by atoms with E-state index in [9.17, 15) is 9.90 Å². The first-order valence-electron chi connectivity index (χ1n) is 12.2. The zero-order chi connectivity index (χ0) is 28.4. The van der Waals surface area contributed by atoms with Gasteiger partial charge in [-0.25, -0.2) is 15.6 Å². The van der Waals surface area contributed by atoms with Crippen molar-refractivity contribution in [2.45, 2.75) is 18.4 Å². The quantitative estimate of drug-likeness (QED) is 0.0751. The van der Waals surface area contributed by atoms with Crippen LogP contribution in [-0.2, 0) is 16.8 Å². The van der Waals surface area contributed by atoms with Gasteiger partial charge in [0.05, 0.1) is 30.3 Å². The Morgan fingerprint density at radius 2 is 2.02 bits per heavy atom. The number of methoxy groups -OCH3 is 1. The number of pyridine rings is 1. The summed E-state index contributed by atoms with van der Waals surface area (Å²) < 4.78 is 6.16. The van der Waals surface area contributed by atoms with E-state index in [1.165, 1.54) is 30.3 Å². The molecule has 4 aromatic rings. The summed E-state index contributed by atoms with van der Waals surface area (Å²) in [5.41, 5.74) is 4.24. The van der Waals surface area contributed by atoms with E-state index in [-0.39, 0.29) is 0 Å². The molecule has 0 radical (unpaired) electrons. The van der Waals surface area contributed by atoms with Crippen LogP contribution in [0.3, 0.4) is 0 Å². The van der Waals surface area contributed by atoms with E-state index in [1.807, 2.05) is 18.2 Å². The van der Waals surface area contributed by atoms with Gasteiger partial charge in [0.25, 0.3) is 5.69 Å². The summed E-state index contributed by atoms with van der Waals surface area (Å²) in [6.45, 7) is 0. The van der Waals surface area contributed by atoms with Crippen molar-refractivity contribution in [2.75, 3.05) is 24.5 Å². The molecule has 13 heteroatoms. The van der Waals surface area contributed by atoms with E-state index in [4.69, 9.17) is 28.1 Å². The molecular formula is C27H28ClN8O4+. The summed E-state index contributed by atoms with van der Waals surface area (Å²) in [6.07, 6.45) is 5.11. The van der Waals surface area contributed by atoms with Crippen LogP contribution in [0.4, 0.5) is 16.2 Å². The SMILES string of the molecule is COC(=O)Nc1ccc(-c2cnc(C3(O)CCc4cc(-c5cc(Cl)ccc5N(N)/C=N\N)c[n+](OC)c43)[nH]2)cc1. The number of nitrogens with two attached hydrogens (primary N) is 2. The number of ether oxygens (including phenoxy) is 1. The van der Waals surface area contributed by atoms with Crippen molar-refractivity contribution in [3.05, 3.63) is 83.0 Å². The minimum absolute atomic E-state index is 0.382. The van der Waals surface area contributed by atoms with Gasteiger partial charge in [0.15, 0.2) is 0 Å². The third-order valence-electron chi connectivity index (χ3n) is 6.79. The Balaban J connectivity index is 1.51. The minimum atomic E-state index is -1.43. The fraction of sp³-hybridized carbons (Fsp3) is 0.185. The van der Waals surface area contributed by atoms with Crippen LogP contribution in [0.25, 0.3) is 22.4 Å². The van der Waals surface area contributed by atoms with Gasteiger partial charge in [0.2, 0.25) is 11.8 Å². The maximum absolute atomic E-state index is 11.9. The van der Waals surface area contributed by atoms with E-state index < -0.39 is 11.7 Å². The number of aromatic nitrogens is 3. The van der Waals surface area contributed by atoms with Gasteiger partial charge < -0.3 is 20.7 Å². The number of imidazole rings is 1. The van der Waals surface area contributed by atoms with Crippen molar-refractivity contribution < 1.29 is 24.2 Å². The number of rotatable bonds is 7. The number of hydrogen-bond acceptors (Lipinski definition) is 8. The maximum Gasteiger partial charge on any atom is 0.411 e. The maximum atomic E-state index is 11.9. The number of carbonyl (C=O) groups is 1. The number of hydrazine groups is 1. The number of hydrazone groups is 1. The molecule has 40 heavy (non-hydrogen) atoms. The monoisotopic (exact) mass is 563 g/mol. The van der Waals surface area contributed by atoms with Crippen molar-refractivity contribution in [3.8, 4) is 22.4 Å². The number of hydrogen-bond donors (Lipinski definition) is 5. The zero-order valence-electron chi connectivity index (χ0n) is 21.8. The highest BCUT2D eigenvalue weighted by Crippen LogP contribution is 2.41.